The smallest absolute Gasteiger partial charge is 0.251 e. The number of anilines is 1. The van der Waals surface area contributed by atoms with Crippen molar-refractivity contribution < 1.29 is 9.59 Å². The molecule has 0 atom stereocenters. The summed E-state index contributed by atoms with van der Waals surface area (Å²) in [5, 5.41) is 10.1. The Kier molecular flexibility index (Phi) is 6.44. The second-order valence-electron chi connectivity index (χ2n) is 6.51. The Morgan fingerprint density at radius 2 is 1.85 bits per heavy atom. The molecule has 0 spiro atoms. The Morgan fingerprint density at radius 1 is 1.12 bits per heavy atom. The Hall–Kier alpha value is -2.15. The van der Waals surface area contributed by atoms with Gasteiger partial charge in [0, 0.05) is 29.1 Å². The molecule has 0 bridgehead atoms. The molecular formula is C19H23BrN4O2. The minimum Gasteiger partial charge on any atom is -0.352 e. The fourth-order valence-electron chi connectivity index (χ4n) is 3.23. The van der Waals surface area contributed by atoms with Gasteiger partial charge in [-0.1, -0.05) is 35.2 Å². The number of nitrogens with zero attached hydrogens (tertiary/aromatic N) is 2. The van der Waals surface area contributed by atoms with E-state index in [1.54, 1.807) is 18.3 Å². The molecule has 1 fully saturated rings. The van der Waals surface area contributed by atoms with Crippen molar-refractivity contribution in [1.82, 2.24) is 15.1 Å². The zero-order valence-electron chi connectivity index (χ0n) is 14.6. The van der Waals surface area contributed by atoms with Gasteiger partial charge in [0.1, 0.15) is 5.82 Å². The summed E-state index contributed by atoms with van der Waals surface area (Å²) in [5.41, 5.74) is 0.573. The van der Waals surface area contributed by atoms with Crippen LogP contribution in [0, 0.1) is 0 Å². The molecule has 0 aliphatic heterocycles. The molecule has 1 aliphatic rings. The number of halogens is 1. The lowest BCUT2D eigenvalue weighted by molar-refractivity contribution is -0.116. The molecule has 7 heteroatoms. The molecule has 3 rings (SSSR count). The molecule has 138 valence electrons. The van der Waals surface area contributed by atoms with Crippen molar-refractivity contribution in [2.45, 2.75) is 44.6 Å². The first-order chi connectivity index (χ1) is 12.6. The molecule has 0 saturated heterocycles. The van der Waals surface area contributed by atoms with Gasteiger partial charge in [-0.3, -0.25) is 9.59 Å². The highest BCUT2D eigenvalue weighted by Crippen LogP contribution is 2.29. The summed E-state index contributed by atoms with van der Waals surface area (Å²) in [6.07, 6.45) is 7.84. The first-order valence-electron chi connectivity index (χ1n) is 9.00. The van der Waals surface area contributed by atoms with Gasteiger partial charge in [0.05, 0.1) is 12.2 Å². The van der Waals surface area contributed by atoms with Gasteiger partial charge in [-0.25, -0.2) is 4.68 Å². The van der Waals surface area contributed by atoms with E-state index in [4.69, 9.17) is 0 Å². The van der Waals surface area contributed by atoms with E-state index in [-0.39, 0.29) is 24.8 Å². The van der Waals surface area contributed by atoms with Crippen LogP contribution in [0.3, 0.4) is 0 Å². The van der Waals surface area contributed by atoms with Gasteiger partial charge >= 0.3 is 0 Å². The summed E-state index contributed by atoms with van der Waals surface area (Å²) < 4.78 is 2.85. The van der Waals surface area contributed by atoms with E-state index in [2.05, 4.69) is 31.7 Å². The van der Waals surface area contributed by atoms with Crippen LogP contribution in [0.15, 0.2) is 41.0 Å². The van der Waals surface area contributed by atoms with Gasteiger partial charge in [-0.15, -0.1) is 0 Å². The summed E-state index contributed by atoms with van der Waals surface area (Å²) in [4.78, 5) is 24.2. The lowest BCUT2D eigenvalue weighted by Gasteiger charge is -2.23. The van der Waals surface area contributed by atoms with Crippen LogP contribution in [0.25, 0.3) is 0 Å². The van der Waals surface area contributed by atoms with E-state index in [9.17, 15) is 9.59 Å². The highest BCUT2D eigenvalue weighted by molar-refractivity contribution is 9.10. The van der Waals surface area contributed by atoms with Crippen LogP contribution >= 0.6 is 15.9 Å². The van der Waals surface area contributed by atoms with Crippen molar-refractivity contribution in [3.8, 4) is 0 Å². The number of nitrogens with one attached hydrogen (secondary N) is 2. The van der Waals surface area contributed by atoms with Gasteiger partial charge in [0.25, 0.3) is 5.91 Å². The minimum absolute atomic E-state index is 0.126. The second kappa shape index (κ2) is 8.98. The Labute approximate surface area is 161 Å². The molecular weight excluding hydrogens is 396 g/mol. The summed E-state index contributed by atoms with van der Waals surface area (Å²) in [7, 11) is 0. The molecule has 1 saturated carbocycles. The van der Waals surface area contributed by atoms with Gasteiger partial charge in [0.15, 0.2) is 0 Å². The first kappa shape index (κ1) is 18.6. The maximum absolute atomic E-state index is 12.2. The maximum atomic E-state index is 12.2. The molecule has 2 amide bonds. The van der Waals surface area contributed by atoms with Crippen LogP contribution in [0.1, 0.15) is 54.9 Å². The van der Waals surface area contributed by atoms with Crippen LogP contribution in [-0.4, -0.2) is 28.1 Å². The summed E-state index contributed by atoms with van der Waals surface area (Å²) in [6.45, 7) is 0.290. The molecule has 1 aromatic carbocycles. The lowest BCUT2D eigenvalue weighted by atomic mass is 9.96. The minimum atomic E-state index is -0.183. The van der Waals surface area contributed by atoms with Crippen molar-refractivity contribution in [2.24, 2.45) is 0 Å². The number of carbonyl (C=O) groups excluding carboxylic acids is 2. The average molecular weight is 419 g/mol. The van der Waals surface area contributed by atoms with E-state index in [1.165, 1.54) is 19.3 Å². The molecule has 0 radical (unpaired) electrons. The van der Waals surface area contributed by atoms with E-state index >= 15 is 0 Å². The van der Waals surface area contributed by atoms with Crippen molar-refractivity contribution in [2.75, 3.05) is 11.9 Å². The quantitative estimate of drug-likeness (QED) is 0.746. The standard InChI is InChI=1S/C19H23BrN4O2/c20-15-8-6-14(7-9-15)19(26)21-12-11-18(25)23-17-10-13-22-24(17)16-4-2-1-3-5-16/h6-10,13,16H,1-5,11-12H2,(H,21,26)(H,23,25). The van der Waals surface area contributed by atoms with E-state index < -0.39 is 0 Å². The maximum Gasteiger partial charge on any atom is 0.251 e. The molecule has 1 aliphatic carbocycles. The third-order valence-corrected chi connectivity index (χ3v) is 5.13. The number of amides is 2. The molecule has 26 heavy (non-hydrogen) atoms. The van der Waals surface area contributed by atoms with Crippen molar-refractivity contribution >= 4 is 33.6 Å². The van der Waals surface area contributed by atoms with Crippen molar-refractivity contribution in [1.29, 1.82) is 0 Å². The fourth-order valence-corrected chi connectivity index (χ4v) is 3.49. The number of benzene rings is 1. The van der Waals surface area contributed by atoms with E-state index in [0.29, 0.717) is 11.6 Å². The Bertz CT molecular complexity index is 751. The third kappa shape index (κ3) is 4.94. The van der Waals surface area contributed by atoms with Crippen LogP contribution in [-0.2, 0) is 4.79 Å². The Morgan fingerprint density at radius 3 is 2.58 bits per heavy atom. The predicted octanol–water partition coefficient (Wildman–Crippen LogP) is 3.91. The van der Waals surface area contributed by atoms with E-state index in [0.717, 1.165) is 23.1 Å². The van der Waals surface area contributed by atoms with Gasteiger partial charge < -0.3 is 10.6 Å². The van der Waals surface area contributed by atoms with Crippen molar-refractivity contribution in [3.05, 3.63) is 46.6 Å². The number of hydrogen-bond acceptors (Lipinski definition) is 3. The van der Waals surface area contributed by atoms with Crippen LogP contribution in [0.4, 0.5) is 5.82 Å². The van der Waals surface area contributed by atoms with Gasteiger partial charge in [0.2, 0.25) is 5.91 Å². The molecule has 2 N–H and O–H groups in total. The lowest BCUT2D eigenvalue weighted by Crippen LogP contribution is -2.28. The largest absolute Gasteiger partial charge is 0.352 e. The first-order valence-corrected chi connectivity index (χ1v) is 9.80. The van der Waals surface area contributed by atoms with Gasteiger partial charge in [-0.2, -0.15) is 5.10 Å². The zero-order valence-corrected chi connectivity index (χ0v) is 16.2. The normalized spacial score (nSPS) is 14.8. The zero-order chi connectivity index (χ0) is 18.4. The monoisotopic (exact) mass is 418 g/mol. The van der Waals surface area contributed by atoms with E-state index in [1.807, 2.05) is 22.9 Å². The van der Waals surface area contributed by atoms with Gasteiger partial charge in [-0.05, 0) is 37.1 Å². The topological polar surface area (TPSA) is 76.0 Å². The fraction of sp³-hybridized carbons (Fsp3) is 0.421. The second-order valence-corrected chi connectivity index (χ2v) is 7.43. The van der Waals surface area contributed by atoms with Crippen molar-refractivity contribution in [3.63, 3.8) is 0 Å². The Balaban J connectivity index is 1.46. The highest BCUT2D eigenvalue weighted by atomic mass is 79.9. The molecule has 6 nitrogen and oxygen atoms in total. The molecule has 0 unspecified atom stereocenters. The summed E-state index contributed by atoms with van der Waals surface area (Å²) >= 11 is 3.34. The summed E-state index contributed by atoms with van der Waals surface area (Å²) in [5.74, 6) is 0.428. The molecule has 1 aromatic heterocycles. The number of carbonyl (C=O) groups is 2. The van der Waals surface area contributed by atoms with Crippen LogP contribution in [0.2, 0.25) is 0 Å². The highest BCUT2D eigenvalue weighted by Gasteiger charge is 2.19. The number of aromatic nitrogens is 2. The predicted molar refractivity (Wildman–Crippen MR) is 104 cm³/mol. The van der Waals surface area contributed by atoms with Crippen LogP contribution < -0.4 is 10.6 Å². The summed E-state index contributed by atoms with van der Waals surface area (Å²) in [6, 6.07) is 9.30. The van der Waals surface area contributed by atoms with Crippen LogP contribution in [0.5, 0.6) is 0 Å². The molecule has 2 aromatic rings. The molecule has 1 heterocycles. The average Bonchev–Trinajstić information content (AvgIpc) is 3.11. The third-order valence-electron chi connectivity index (χ3n) is 4.60. The number of hydrogen-bond donors (Lipinski definition) is 2. The number of rotatable bonds is 6. The SMILES string of the molecule is O=C(CCNC(=O)c1ccc(Br)cc1)Nc1ccnn1C1CCCCC1.